The van der Waals surface area contributed by atoms with E-state index < -0.39 is 24.2 Å². The van der Waals surface area contributed by atoms with Gasteiger partial charge >= 0.3 is 0 Å². The average molecular weight is 435 g/mol. The molecule has 1 aromatic heterocycles. The van der Waals surface area contributed by atoms with E-state index in [4.69, 9.17) is 17.3 Å². The van der Waals surface area contributed by atoms with Gasteiger partial charge in [0.1, 0.15) is 24.9 Å². The molecule has 160 valence electrons. The molecular formula is C20H24ClFN6O2. The van der Waals surface area contributed by atoms with Gasteiger partial charge in [0.15, 0.2) is 0 Å². The van der Waals surface area contributed by atoms with Crippen LogP contribution in [0.25, 0.3) is 5.69 Å². The maximum Gasteiger partial charge on any atom is 0.240 e. The van der Waals surface area contributed by atoms with Gasteiger partial charge in [-0.15, -0.1) is 0 Å². The Hall–Kier alpha value is -2.52. The number of hydrogen-bond donors (Lipinski definition) is 1. The third-order valence-corrected chi connectivity index (χ3v) is 6.08. The van der Waals surface area contributed by atoms with Crippen LogP contribution in [-0.2, 0) is 16.1 Å². The summed E-state index contributed by atoms with van der Waals surface area (Å²) in [5, 5.41) is 4.79. The van der Waals surface area contributed by atoms with E-state index in [0.717, 1.165) is 24.1 Å². The molecule has 2 aliphatic heterocycles. The van der Waals surface area contributed by atoms with Crippen molar-refractivity contribution in [2.24, 2.45) is 5.73 Å². The summed E-state index contributed by atoms with van der Waals surface area (Å²) in [6, 6.07) is 4.18. The third kappa shape index (κ3) is 4.17. The predicted octanol–water partition coefficient (Wildman–Crippen LogP) is 1.70. The SMILES string of the molecule is NC(=O)C1C[C@@H](F)CN1C(=O)[C@H]1CCCCN1Cc1cc(Cl)ccc1-n1cncn1. The Morgan fingerprint density at radius 2 is 2.10 bits per heavy atom. The van der Waals surface area contributed by atoms with Gasteiger partial charge in [0.25, 0.3) is 0 Å². The largest absolute Gasteiger partial charge is 0.368 e. The van der Waals surface area contributed by atoms with Crippen molar-refractivity contribution >= 4 is 23.4 Å². The van der Waals surface area contributed by atoms with Crippen molar-refractivity contribution in [2.75, 3.05) is 13.1 Å². The summed E-state index contributed by atoms with van der Waals surface area (Å²) in [6.45, 7) is 1.10. The second kappa shape index (κ2) is 8.69. The molecular weight excluding hydrogens is 411 g/mol. The summed E-state index contributed by atoms with van der Waals surface area (Å²) in [6.07, 6.45) is 4.30. The van der Waals surface area contributed by atoms with Crippen LogP contribution in [-0.4, -0.2) is 67.7 Å². The predicted molar refractivity (Wildman–Crippen MR) is 109 cm³/mol. The van der Waals surface area contributed by atoms with Gasteiger partial charge in [-0.05, 0) is 43.1 Å². The van der Waals surface area contributed by atoms with Gasteiger partial charge < -0.3 is 10.6 Å². The zero-order valence-corrected chi connectivity index (χ0v) is 17.2. The van der Waals surface area contributed by atoms with Gasteiger partial charge in [0, 0.05) is 18.0 Å². The normalized spacial score (nSPS) is 24.9. The minimum absolute atomic E-state index is 0.0292. The highest BCUT2D eigenvalue weighted by Gasteiger charge is 2.42. The van der Waals surface area contributed by atoms with Crippen molar-refractivity contribution in [3.8, 4) is 5.69 Å². The van der Waals surface area contributed by atoms with Gasteiger partial charge in [-0.3, -0.25) is 14.5 Å². The standard InChI is InChI=1S/C20H24ClFN6O2/c21-14-4-5-16(28-12-24-11-25-28)13(7-14)9-26-6-2-1-3-17(26)20(30)27-10-15(22)8-18(27)19(23)29/h4-5,7,11-12,15,17-18H,1-3,6,8-10H2,(H2,23,29)/t15-,17-,18?/m1/s1. The molecule has 2 N–H and O–H groups in total. The first kappa shape index (κ1) is 20.7. The van der Waals surface area contributed by atoms with E-state index in [-0.39, 0.29) is 18.9 Å². The molecule has 0 aliphatic carbocycles. The zero-order chi connectivity index (χ0) is 21.3. The molecule has 1 aromatic carbocycles. The Labute approximate surface area is 178 Å². The van der Waals surface area contributed by atoms with Gasteiger partial charge in [0.05, 0.1) is 18.3 Å². The number of primary amides is 1. The number of piperidine rings is 1. The number of aromatic nitrogens is 3. The van der Waals surface area contributed by atoms with Crippen molar-refractivity contribution in [3.05, 3.63) is 41.4 Å². The zero-order valence-electron chi connectivity index (χ0n) is 16.5. The Balaban J connectivity index is 1.59. The van der Waals surface area contributed by atoms with Gasteiger partial charge in [-0.25, -0.2) is 14.1 Å². The molecule has 30 heavy (non-hydrogen) atoms. The summed E-state index contributed by atoms with van der Waals surface area (Å²) < 4.78 is 15.6. The van der Waals surface area contributed by atoms with Crippen molar-refractivity contribution in [1.82, 2.24) is 24.6 Å². The third-order valence-electron chi connectivity index (χ3n) is 5.84. The van der Waals surface area contributed by atoms with Crippen LogP contribution in [0.2, 0.25) is 5.02 Å². The molecule has 8 nitrogen and oxygen atoms in total. The lowest BCUT2D eigenvalue weighted by Gasteiger charge is -2.38. The number of likely N-dealkylation sites (tertiary alicyclic amines) is 2. The highest BCUT2D eigenvalue weighted by atomic mass is 35.5. The Kier molecular flexibility index (Phi) is 6.01. The Morgan fingerprint density at radius 1 is 1.27 bits per heavy atom. The molecule has 3 heterocycles. The smallest absolute Gasteiger partial charge is 0.240 e. The van der Waals surface area contributed by atoms with E-state index in [2.05, 4.69) is 15.0 Å². The number of nitrogens with zero attached hydrogens (tertiary/aromatic N) is 5. The van der Waals surface area contributed by atoms with E-state index in [9.17, 15) is 14.0 Å². The van der Waals surface area contributed by atoms with Crippen molar-refractivity contribution < 1.29 is 14.0 Å². The first-order valence-corrected chi connectivity index (χ1v) is 10.4. The second-order valence-electron chi connectivity index (χ2n) is 7.84. The fraction of sp³-hybridized carbons (Fsp3) is 0.500. The molecule has 2 saturated heterocycles. The molecule has 0 spiro atoms. The molecule has 0 saturated carbocycles. The molecule has 2 amide bonds. The Bertz CT molecular complexity index is 924. The lowest BCUT2D eigenvalue weighted by atomic mass is 9.99. The summed E-state index contributed by atoms with van der Waals surface area (Å²) in [7, 11) is 0. The van der Waals surface area contributed by atoms with Crippen molar-refractivity contribution in [2.45, 2.75) is 50.5 Å². The van der Waals surface area contributed by atoms with Crippen LogP contribution in [0, 0.1) is 0 Å². The van der Waals surface area contributed by atoms with Gasteiger partial charge in [-0.1, -0.05) is 18.0 Å². The van der Waals surface area contributed by atoms with Crippen LogP contribution in [0.3, 0.4) is 0 Å². The van der Waals surface area contributed by atoms with Crippen molar-refractivity contribution in [3.63, 3.8) is 0 Å². The molecule has 2 fully saturated rings. The average Bonchev–Trinajstić information content (AvgIpc) is 3.38. The molecule has 3 atom stereocenters. The highest BCUT2D eigenvalue weighted by Crippen LogP contribution is 2.28. The summed E-state index contributed by atoms with van der Waals surface area (Å²) in [5.41, 5.74) is 7.16. The topological polar surface area (TPSA) is 97.3 Å². The van der Waals surface area contributed by atoms with Gasteiger partial charge in [-0.2, -0.15) is 5.10 Å². The van der Waals surface area contributed by atoms with Crippen LogP contribution in [0.5, 0.6) is 0 Å². The number of alkyl halides is 1. The van der Waals surface area contributed by atoms with Crippen LogP contribution in [0.1, 0.15) is 31.2 Å². The summed E-state index contributed by atoms with van der Waals surface area (Å²) in [4.78, 5) is 32.4. The number of hydrogen-bond acceptors (Lipinski definition) is 5. The molecule has 4 rings (SSSR count). The molecule has 0 radical (unpaired) electrons. The lowest BCUT2D eigenvalue weighted by Crippen LogP contribution is -2.54. The summed E-state index contributed by atoms with van der Waals surface area (Å²) >= 11 is 6.24. The number of nitrogens with two attached hydrogens (primary N) is 1. The quantitative estimate of drug-likeness (QED) is 0.772. The fourth-order valence-corrected chi connectivity index (χ4v) is 4.60. The second-order valence-corrected chi connectivity index (χ2v) is 8.27. The maximum absolute atomic E-state index is 14.0. The van der Waals surface area contributed by atoms with E-state index in [1.54, 1.807) is 17.1 Å². The molecule has 10 heteroatoms. The Morgan fingerprint density at radius 3 is 2.83 bits per heavy atom. The van der Waals surface area contributed by atoms with Crippen molar-refractivity contribution in [1.29, 1.82) is 0 Å². The van der Waals surface area contributed by atoms with Crippen LogP contribution in [0.4, 0.5) is 4.39 Å². The number of carbonyl (C=O) groups excluding carboxylic acids is 2. The van der Waals surface area contributed by atoms with Crippen LogP contribution < -0.4 is 5.73 Å². The highest BCUT2D eigenvalue weighted by molar-refractivity contribution is 6.30. The van der Waals surface area contributed by atoms with E-state index in [1.165, 1.54) is 11.2 Å². The monoisotopic (exact) mass is 434 g/mol. The molecule has 1 unspecified atom stereocenters. The minimum Gasteiger partial charge on any atom is -0.368 e. The number of halogens is 2. The van der Waals surface area contributed by atoms with E-state index >= 15 is 0 Å². The van der Waals surface area contributed by atoms with E-state index in [0.29, 0.717) is 24.5 Å². The van der Waals surface area contributed by atoms with Crippen LogP contribution >= 0.6 is 11.6 Å². The number of rotatable bonds is 5. The first-order valence-electron chi connectivity index (χ1n) is 10.1. The lowest BCUT2D eigenvalue weighted by molar-refractivity contribution is -0.143. The van der Waals surface area contributed by atoms with Crippen LogP contribution in [0.15, 0.2) is 30.9 Å². The molecule has 0 bridgehead atoms. The number of benzene rings is 1. The summed E-state index contributed by atoms with van der Waals surface area (Å²) in [5.74, 6) is -0.892. The van der Waals surface area contributed by atoms with E-state index in [1.807, 2.05) is 12.1 Å². The number of amides is 2. The number of carbonyl (C=O) groups is 2. The minimum atomic E-state index is -1.23. The first-order chi connectivity index (χ1) is 14.4. The maximum atomic E-state index is 14.0. The molecule has 2 aromatic rings. The van der Waals surface area contributed by atoms with Gasteiger partial charge in [0.2, 0.25) is 11.8 Å². The molecule has 2 aliphatic rings. The fourth-order valence-electron chi connectivity index (χ4n) is 4.40.